The third kappa shape index (κ3) is 2.86. The Labute approximate surface area is 162 Å². The van der Waals surface area contributed by atoms with Crippen molar-refractivity contribution in [1.29, 1.82) is 0 Å². The predicted octanol–water partition coefficient (Wildman–Crippen LogP) is 4.18. The van der Waals surface area contributed by atoms with Gasteiger partial charge in [-0.25, -0.2) is 4.79 Å². The lowest BCUT2D eigenvalue weighted by Crippen LogP contribution is -2.38. The zero-order chi connectivity index (χ0) is 19.3. The lowest BCUT2D eigenvalue weighted by Gasteiger charge is -2.35. The summed E-state index contributed by atoms with van der Waals surface area (Å²) in [6.07, 6.45) is 0.218. The van der Waals surface area contributed by atoms with Gasteiger partial charge in [0.2, 0.25) is 0 Å². The summed E-state index contributed by atoms with van der Waals surface area (Å²) < 4.78 is 5.41. The van der Waals surface area contributed by atoms with E-state index in [9.17, 15) is 9.90 Å². The molecule has 2 heterocycles. The Morgan fingerprint density at radius 2 is 1.93 bits per heavy atom. The van der Waals surface area contributed by atoms with E-state index in [1.165, 1.54) is 10.8 Å². The zero-order valence-corrected chi connectivity index (χ0v) is 15.7. The molecule has 0 fully saturated rings. The smallest absolute Gasteiger partial charge is 0.336 e. The van der Waals surface area contributed by atoms with Gasteiger partial charge < -0.3 is 14.4 Å². The number of fused-ring (bicyclic) bond motifs is 4. The number of β-amino-alcohol motifs (C(OH)–C–C–N with tert-alkyl or cyclic N) is 1. The average Bonchev–Trinajstić information content (AvgIpc) is 2.67. The second-order valence-corrected chi connectivity index (χ2v) is 7.62. The van der Waals surface area contributed by atoms with Crippen LogP contribution >= 0.6 is 0 Å². The molecule has 0 saturated carbocycles. The first-order valence-electron chi connectivity index (χ1n) is 9.55. The maximum absolute atomic E-state index is 12.1. The van der Waals surface area contributed by atoms with Crippen molar-refractivity contribution in [3.05, 3.63) is 87.8 Å². The predicted molar refractivity (Wildman–Crippen MR) is 112 cm³/mol. The van der Waals surface area contributed by atoms with E-state index < -0.39 is 6.10 Å². The van der Waals surface area contributed by atoms with Crippen molar-refractivity contribution in [1.82, 2.24) is 0 Å². The molecule has 4 nitrogen and oxygen atoms in total. The second-order valence-electron chi connectivity index (χ2n) is 7.62. The highest BCUT2D eigenvalue weighted by molar-refractivity contribution is 5.96. The highest BCUT2D eigenvalue weighted by Crippen LogP contribution is 2.36. The Balaban J connectivity index is 1.67. The molecule has 3 aromatic carbocycles. The second kappa shape index (κ2) is 6.50. The van der Waals surface area contributed by atoms with E-state index >= 15 is 0 Å². The Morgan fingerprint density at radius 1 is 1.07 bits per heavy atom. The molecule has 1 aliphatic heterocycles. The fourth-order valence-electron chi connectivity index (χ4n) is 4.32. The first kappa shape index (κ1) is 17.0. The van der Waals surface area contributed by atoms with E-state index in [0.29, 0.717) is 25.1 Å². The summed E-state index contributed by atoms with van der Waals surface area (Å²) in [6.45, 7) is 3.06. The standard InChI is InChI=1S/C24H21NO3/c1-15-6-9-20-18(12-23(27)28-22(20)10-15)13-25-14-19(26)11-17-8-7-16-4-2-3-5-21(16)24(17)25/h2-10,12,19,26H,11,13-14H2,1H3. The summed E-state index contributed by atoms with van der Waals surface area (Å²) in [5.74, 6) is 0. The van der Waals surface area contributed by atoms with Crippen molar-refractivity contribution in [2.45, 2.75) is 26.0 Å². The number of hydrogen-bond acceptors (Lipinski definition) is 4. The molecule has 0 radical (unpaired) electrons. The van der Waals surface area contributed by atoms with Crippen molar-refractivity contribution in [3.8, 4) is 0 Å². The number of anilines is 1. The van der Waals surface area contributed by atoms with Gasteiger partial charge in [-0.2, -0.15) is 0 Å². The van der Waals surface area contributed by atoms with Crippen LogP contribution in [0.15, 0.2) is 69.9 Å². The maximum atomic E-state index is 12.1. The van der Waals surface area contributed by atoms with Crippen LogP contribution in [0.5, 0.6) is 0 Å². The number of benzene rings is 3. The minimum atomic E-state index is -0.428. The van der Waals surface area contributed by atoms with Gasteiger partial charge in [0, 0.05) is 42.0 Å². The van der Waals surface area contributed by atoms with Gasteiger partial charge in [0.25, 0.3) is 0 Å². The van der Waals surface area contributed by atoms with E-state index in [1.54, 1.807) is 6.07 Å². The topological polar surface area (TPSA) is 53.7 Å². The fourth-order valence-corrected chi connectivity index (χ4v) is 4.32. The zero-order valence-electron chi connectivity index (χ0n) is 15.7. The van der Waals surface area contributed by atoms with Gasteiger partial charge in [0.15, 0.2) is 0 Å². The van der Waals surface area contributed by atoms with Crippen LogP contribution in [0.2, 0.25) is 0 Å². The first-order chi connectivity index (χ1) is 13.6. The van der Waals surface area contributed by atoms with Gasteiger partial charge in [-0.15, -0.1) is 0 Å². The minimum absolute atomic E-state index is 0.344. The number of hydrogen-bond donors (Lipinski definition) is 1. The van der Waals surface area contributed by atoms with Crippen LogP contribution in [0.25, 0.3) is 21.7 Å². The van der Waals surface area contributed by atoms with Crippen molar-refractivity contribution in [2.75, 3.05) is 11.4 Å². The lowest BCUT2D eigenvalue weighted by molar-refractivity contribution is 0.175. The molecular weight excluding hydrogens is 350 g/mol. The van der Waals surface area contributed by atoms with Gasteiger partial charge in [0.1, 0.15) is 5.58 Å². The summed E-state index contributed by atoms with van der Waals surface area (Å²) in [5.41, 5.74) is 4.52. The highest BCUT2D eigenvalue weighted by Gasteiger charge is 2.25. The van der Waals surface area contributed by atoms with Crippen molar-refractivity contribution >= 4 is 27.4 Å². The Kier molecular flexibility index (Phi) is 3.95. The Morgan fingerprint density at radius 3 is 2.82 bits per heavy atom. The van der Waals surface area contributed by atoms with E-state index in [-0.39, 0.29) is 5.63 Å². The third-order valence-corrected chi connectivity index (χ3v) is 5.53. The Bertz CT molecular complexity index is 1260. The normalized spacial score (nSPS) is 16.5. The quantitative estimate of drug-likeness (QED) is 0.537. The van der Waals surface area contributed by atoms with Crippen molar-refractivity contribution < 1.29 is 9.52 Å². The number of nitrogens with zero attached hydrogens (tertiary/aromatic N) is 1. The largest absolute Gasteiger partial charge is 0.423 e. The lowest BCUT2D eigenvalue weighted by atomic mass is 9.94. The van der Waals surface area contributed by atoms with Crippen LogP contribution in [0.1, 0.15) is 16.7 Å². The molecule has 28 heavy (non-hydrogen) atoms. The van der Waals surface area contributed by atoms with E-state index in [1.807, 2.05) is 37.3 Å². The van der Waals surface area contributed by atoms with Crippen LogP contribution in [-0.2, 0) is 13.0 Å². The molecule has 0 saturated heterocycles. The van der Waals surface area contributed by atoms with Gasteiger partial charge in [-0.1, -0.05) is 48.5 Å². The van der Waals surface area contributed by atoms with Crippen LogP contribution < -0.4 is 10.5 Å². The number of rotatable bonds is 2. The summed E-state index contributed by atoms with van der Waals surface area (Å²) in [7, 11) is 0. The maximum Gasteiger partial charge on any atom is 0.336 e. The van der Waals surface area contributed by atoms with E-state index in [2.05, 4.69) is 29.2 Å². The molecule has 1 atom stereocenters. The van der Waals surface area contributed by atoms with Crippen LogP contribution in [0.4, 0.5) is 5.69 Å². The van der Waals surface area contributed by atoms with Gasteiger partial charge >= 0.3 is 5.63 Å². The molecule has 4 aromatic rings. The minimum Gasteiger partial charge on any atom is -0.423 e. The number of aliphatic hydroxyl groups is 1. The molecule has 0 bridgehead atoms. The summed E-state index contributed by atoms with van der Waals surface area (Å²) in [4.78, 5) is 14.3. The molecule has 0 spiro atoms. The van der Waals surface area contributed by atoms with Crippen LogP contribution in [0, 0.1) is 6.92 Å². The molecule has 140 valence electrons. The SMILES string of the molecule is Cc1ccc2c(CN3CC(O)Cc4ccc5ccccc5c43)cc(=O)oc2c1. The van der Waals surface area contributed by atoms with Crippen molar-refractivity contribution in [3.63, 3.8) is 0 Å². The van der Waals surface area contributed by atoms with Gasteiger partial charge in [-0.3, -0.25) is 0 Å². The molecular formula is C24H21NO3. The molecule has 4 heteroatoms. The van der Waals surface area contributed by atoms with Crippen LogP contribution in [-0.4, -0.2) is 17.8 Å². The molecule has 1 aliphatic rings. The molecule has 0 amide bonds. The number of aliphatic hydroxyl groups excluding tert-OH is 1. The molecule has 1 aromatic heterocycles. The molecule has 0 aliphatic carbocycles. The first-order valence-corrected chi connectivity index (χ1v) is 9.55. The van der Waals surface area contributed by atoms with Gasteiger partial charge in [-0.05, 0) is 35.1 Å². The average molecular weight is 371 g/mol. The highest BCUT2D eigenvalue weighted by atomic mass is 16.4. The van der Waals surface area contributed by atoms with Gasteiger partial charge in [0.05, 0.1) is 6.10 Å². The third-order valence-electron chi connectivity index (χ3n) is 5.53. The van der Waals surface area contributed by atoms with Crippen LogP contribution in [0.3, 0.4) is 0 Å². The van der Waals surface area contributed by atoms with Crippen molar-refractivity contribution in [2.24, 2.45) is 0 Å². The molecule has 1 N–H and O–H groups in total. The van der Waals surface area contributed by atoms with E-state index in [0.717, 1.165) is 27.8 Å². The fraction of sp³-hybridized carbons (Fsp3) is 0.208. The number of aryl methyl sites for hydroxylation is 1. The Hall–Kier alpha value is -3.11. The summed E-state index contributed by atoms with van der Waals surface area (Å²) in [5, 5.41) is 13.7. The monoisotopic (exact) mass is 371 g/mol. The summed E-state index contributed by atoms with van der Waals surface area (Å²) >= 11 is 0. The molecule has 1 unspecified atom stereocenters. The van der Waals surface area contributed by atoms with E-state index in [4.69, 9.17) is 4.42 Å². The molecule has 5 rings (SSSR count). The summed E-state index contributed by atoms with van der Waals surface area (Å²) in [6, 6.07) is 20.0.